The van der Waals surface area contributed by atoms with E-state index >= 15 is 0 Å². The molecule has 124 valence electrons. The van der Waals surface area contributed by atoms with Crippen LogP contribution < -0.4 is 4.74 Å². The molecule has 1 saturated carbocycles. The summed E-state index contributed by atoms with van der Waals surface area (Å²) in [5.74, 6) is 0.957. The molecule has 0 aromatic heterocycles. The molecule has 1 aliphatic carbocycles. The molecule has 2 rings (SSSR count). The molecule has 0 amide bonds. The van der Waals surface area contributed by atoms with Gasteiger partial charge in [-0.3, -0.25) is 0 Å². The first-order valence-corrected chi connectivity index (χ1v) is 8.67. The molecular weight excluding hydrogens is 276 g/mol. The van der Waals surface area contributed by atoms with Crippen molar-refractivity contribution in [3.63, 3.8) is 0 Å². The van der Waals surface area contributed by atoms with Gasteiger partial charge in [0.2, 0.25) is 0 Å². The summed E-state index contributed by atoms with van der Waals surface area (Å²) in [5.41, 5.74) is 0.196. The fourth-order valence-corrected chi connectivity index (χ4v) is 3.09. The lowest BCUT2D eigenvalue weighted by Gasteiger charge is -2.26. The second-order valence-electron chi connectivity index (χ2n) is 6.83. The monoisotopic (exact) mass is 306 g/mol. The standard InChI is InChI=1S/C19H30O3/c1-3-15(2)18(20)16-9-8-10-17(13-16)22-14-19(21)11-6-4-5-7-12-19/h8-10,13,15,18,20-21H,3-7,11-12,14H2,1-2H3/t15-,18-/m1/s1. The molecule has 1 aliphatic rings. The van der Waals surface area contributed by atoms with Crippen molar-refractivity contribution >= 4 is 0 Å². The minimum Gasteiger partial charge on any atom is -0.491 e. The fourth-order valence-electron chi connectivity index (χ4n) is 3.09. The molecule has 22 heavy (non-hydrogen) atoms. The van der Waals surface area contributed by atoms with Crippen LogP contribution in [0.25, 0.3) is 0 Å². The molecule has 0 radical (unpaired) electrons. The van der Waals surface area contributed by atoms with Gasteiger partial charge in [0, 0.05) is 0 Å². The van der Waals surface area contributed by atoms with Crippen molar-refractivity contribution in [2.45, 2.75) is 70.5 Å². The van der Waals surface area contributed by atoms with Gasteiger partial charge in [-0.2, -0.15) is 0 Å². The van der Waals surface area contributed by atoms with E-state index < -0.39 is 11.7 Å². The maximum atomic E-state index is 10.6. The van der Waals surface area contributed by atoms with E-state index in [2.05, 4.69) is 6.92 Å². The van der Waals surface area contributed by atoms with Gasteiger partial charge in [0.1, 0.15) is 12.4 Å². The highest BCUT2D eigenvalue weighted by Crippen LogP contribution is 2.30. The summed E-state index contributed by atoms with van der Waals surface area (Å²) >= 11 is 0. The number of aliphatic hydroxyl groups excluding tert-OH is 1. The first kappa shape index (κ1) is 17.3. The summed E-state index contributed by atoms with van der Waals surface area (Å²) in [5, 5.41) is 21.0. The van der Waals surface area contributed by atoms with Crippen molar-refractivity contribution < 1.29 is 14.9 Å². The Morgan fingerprint density at radius 2 is 1.86 bits per heavy atom. The van der Waals surface area contributed by atoms with E-state index in [9.17, 15) is 10.2 Å². The van der Waals surface area contributed by atoms with Crippen molar-refractivity contribution in [1.29, 1.82) is 0 Å². The van der Waals surface area contributed by atoms with E-state index in [0.717, 1.165) is 43.4 Å². The Labute approximate surface area is 134 Å². The maximum absolute atomic E-state index is 10.6. The largest absolute Gasteiger partial charge is 0.491 e. The van der Waals surface area contributed by atoms with E-state index in [1.165, 1.54) is 12.8 Å². The topological polar surface area (TPSA) is 49.7 Å². The minimum atomic E-state index is -0.693. The summed E-state index contributed by atoms with van der Waals surface area (Å²) in [6.45, 7) is 4.47. The molecule has 2 N–H and O–H groups in total. The average molecular weight is 306 g/mol. The third kappa shape index (κ3) is 4.72. The van der Waals surface area contributed by atoms with Gasteiger partial charge in [-0.1, -0.05) is 58.1 Å². The van der Waals surface area contributed by atoms with Gasteiger partial charge in [0.05, 0.1) is 11.7 Å². The quantitative estimate of drug-likeness (QED) is 0.773. The fraction of sp³-hybridized carbons (Fsp3) is 0.684. The molecule has 0 saturated heterocycles. The highest BCUT2D eigenvalue weighted by molar-refractivity contribution is 5.30. The van der Waals surface area contributed by atoms with E-state index in [1.807, 2.05) is 31.2 Å². The average Bonchev–Trinajstić information content (AvgIpc) is 2.77. The highest BCUT2D eigenvalue weighted by Gasteiger charge is 2.29. The van der Waals surface area contributed by atoms with Crippen molar-refractivity contribution in [2.75, 3.05) is 6.61 Å². The Morgan fingerprint density at radius 3 is 2.50 bits per heavy atom. The summed E-state index contributed by atoms with van der Waals surface area (Å²) < 4.78 is 5.85. The van der Waals surface area contributed by atoms with Gasteiger partial charge in [-0.15, -0.1) is 0 Å². The Hall–Kier alpha value is -1.06. The number of hydrogen-bond acceptors (Lipinski definition) is 3. The van der Waals surface area contributed by atoms with E-state index in [-0.39, 0.29) is 5.92 Å². The minimum absolute atomic E-state index is 0.223. The third-order valence-electron chi connectivity index (χ3n) is 4.92. The molecule has 0 bridgehead atoms. The maximum Gasteiger partial charge on any atom is 0.119 e. The Bertz CT molecular complexity index is 450. The van der Waals surface area contributed by atoms with E-state index in [4.69, 9.17) is 4.74 Å². The number of ether oxygens (including phenoxy) is 1. The van der Waals surface area contributed by atoms with Crippen molar-refractivity contribution in [3.8, 4) is 5.75 Å². The van der Waals surface area contributed by atoms with Crippen molar-refractivity contribution in [2.24, 2.45) is 5.92 Å². The van der Waals surface area contributed by atoms with Crippen LogP contribution >= 0.6 is 0 Å². The lowest BCUT2D eigenvalue weighted by atomic mass is 9.95. The van der Waals surface area contributed by atoms with Crippen LogP contribution in [0.5, 0.6) is 5.75 Å². The van der Waals surface area contributed by atoms with Crippen molar-refractivity contribution in [1.82, 2.24) is 0 Å². The molecular formula is C19H30O3. The number of aliphatic hydroxyl groups is 2. The summed E-state index contributed by atoms with van der Waals surface area (Å²) in [4.78, 5) is 0. The van der Waals surface area contributed by atoms with Crippen LogP contribution in [0.1, 0.15) is 70.5 Å². The number of rotatable bonds is 6. The van der Waals surface area contributed by atoms with Crippen LogP contribution in [0.4, 0.5) is 0 Å². The molecule has 0 aliphatic heterocycles. The summed E-state index contributed by atoms with van der Waals surface area (Å²) in [6.07, 6.45) is 6.68. The van der Waals surface area contributed by atoms with Crippen LogP contribution in [-0.2, 0) is 0 Å². The Kier molecular flexibility index (Phi) is 6.27. The lowest BCUT2D eigenvalue weighted by molar-refractivity contribution is -0.0174. The Balaban J connectivity index is 1.98. The zero-order chi connectivity index (χ0) is 16.0. The Morgan fingerprint density at radius 1 is 1.18 bits per heavy atom. The smallest absolute Gasteiger partial charge is 0.119 e. The molecule has 3 nitrogen and oxygen atoms in total. The van der Waals surface area contributed by atoms with Crippen LogP contribution in [0.2, 0.25) is 0 Å². The lowest BCUT2D eigenvalue weighted by Crippen LogP contribution is -2.35. The summed E-state index contributed by atoms with van der Waals surface area (Å²) in [7, 11) is 0. The van der Waals surface area contributed by atoms with Gasteiger partial charge in [0.15, 0.2) is 0 Å². The van der Waals surface area contributed by atoms with E-state index in [0.29, 0.717) is 6.61 Å². The third-order valence-corrected chi connectivity index (χ3v) is 4.92. The van der Waals surface area contributed by atoms with E-state index in [1.54, 1.807) is 0 Å². The second kappa shape index (κ2) is 7.98. The van der Waals surface area contributed by atoms with Gasteiger partial charge in [-0.25, -0.2) is 0 Å². The predicted octanol–water partition coefficient (Wildman–Crippen LogP) is 4.23. The molecule has 0 heterocycles. The first-order valence-electron chi connectivity index (χ1n) is 8.67. The normalized spacial score (nSPS) is 20.9. The van der Waals surface area contributed by atoms with Gasteiger partial charge < -0.3 is 14.9 Å². The molecule has 1 aromatic carbocycles. The van der Waals surface area contributed by atoms with Crippen LogP contribution in [0.3, 0.4) is 0 Å². The van der Waals surface area contributed by atoms with Crippen molar-refractivity contribution in [3.05, 3.63) is 29.8 Å². The molecule has 2 atom stereocenters. The molecule has 1 aromatic rings. The zero-order valence-corrected chi connectivity index (χ0v) is 13.9. The first-order chi connectivity index (χ1) is 10.5. The molecule has 1 fully saturated rings. The van der Waals surface area contributed by atoms with Gasteiger partial charge in [0.25, 0.3) is 0 Å². The highest BCUT2D eigenvalue weighted by atomic mass is 16.5. The van der Waals surface area contributed by atoms with Crippen LogP contribution in [-0.4, -0.2) is 22.4 Å². The predicted molar refractivity (Wildman–Crippen MR) is 89.0 cm³/mol. The van der Waals surface area contributed by atoms with Gasteiger partial charge >= 0.3 is 0 Å². The van der Waals surface area contributed by atoms with Crippen LogP contribution in [0, 0.1) is 5.92 Å². The molecule has 0 unspecified atom stereocenters. The zero-order valence-electron chi connectivity index (χ0n) is 13.9. The van der Waals surface area contributed by atoms with Crippen LogP contribution in [0.15, 0.2) is 24.3 Å². The molecule has 0 spiro atoms. The number of benzene rings is 1. The second-order valence-corrected chi connectivity index (χ2v) is 6.83. The number of hydrogen-bond donors (Lipinski definition) is 2. The summed E-state index contributed by atoms with van der Waals surface area (Å²) in [6, 6.07) is 7.64. The molecule has 3 heteroatoms. The SMILES string of the molecule is CC[C@@H](C)[C@@H](O)c1cccc(OCC2(O)CCCCCC2)c1. The van der Waals surface area contributed by atoms with Gasteiger partial charge in [-0.05, 0) is 36.5 Å².